The zero-order valence-corrected chi connectivity index (χ0v) is 16.9. The molecule has 0 aromatic heterocycles. The summed E-state index contributed by atoms with van der Waals surface area (Å²) in [7, 11) is 1.45. The fourth-order valence-electron chi connectivity index (χ4n) is 2.25. The average Bonchev–Trinajstić information content (AvgIpc) is 2.73. The van der Waals surface area contributed by atoms with Crippen molar-refractivity contribution >= 4 is 29.7 Å². The first-order valence-electron chi connectivity index (χ1n) is 9.12. The van der Waals surface area contributed by atoms with Crippen molar-refractivity contribution in [2.75, 3.05) is 19.0 Å². The maximum Gasteiger partial charge on any atom is 0.308 e. The topological polar surface area (TPSA) is 115 Å². The number of ether oxygens (including phenoxy) is 3. The molecule has 2 aromatic carbocycles. The van der Waals surface area contributed by atoms with Gasteiger partial charge in [-0.2, -0.15) is 5.10 Å². The molecule has 2 rings (SSSR count). The summed E-state index contributed by atoms with van der Waals surface area (Å²) in [6, 6.07) is 11.5. The Morgan fingerprint density at radius 1 is 1.03 bits per heavy atom. The number of rotatable bonds is 9. The number of carbonyl (C=O) groups is 3. The van der Waals surface area contributed by atoms with Gasteiger partial charge in [-0.25, -0.2) is 5.43 Å². The highest BCUT2D eigenvalue weighted by Crippen LogP contribution is 2.27. The number of hydrazone groups is 1. The SMILES string of the molecule is CCC(=O)Nc1ccc(OCC(=O)NN=Cc2ccc(OC(C)=O)c(OC)c2)cc1. The van der Waals surface area contributed by atoms with Crippen LogP contribution in [-0.4, -0.2) is 37.7 Å². The van der Waals surface area contributed by atoms with Gasteiger partial charge in [-0.05, 0) is 48.0 Å². The van der Waals surface area contributed by atoms with Crippen molar-refractivity contribution in [3.05, 3.63) is 48.0 Å². The van der Waals surface area contributed by atoms with E-state index in [1.54, 1.807) is 49.4 Å². The molecule has 0 heterocycles. The van der Waals surface area contributed by atoms with Gasteiger partial charge in [0, 0.05) is 19.0 Å². The average molecular weight is 413 g/mol. The molecule has 0 aliphatic heterocycles. The fourth-order valence-corrected chi connectivity index (χ4v) is 2.25. The van der Waals surface area contributed by atoms with Crippen molar-refractivity contribution in [1.82, 2.24) is 5.43 Å². The first-order chi connectivity index (χ1) is 14.4. The molecule has 9 nitrogen and oxygen atoms in total. The van der Waals surface area contributed by atoms with E-state index in [0.717, 1.165) is 0 Å². The second kappa shape index (κ2) is 11.2. The lowest BCUT2D eigenvalue weighted by molar-refractivity contribution is -0.132. The molecule has 0 spiro atoms. The first-order valence-corrected chi connectivity index (χ1v) is 9.12. The minimum Gasteiger partial charge on any atom is -0.493 e. The summed E-state index contributed by atoms with van der Waals surface area (Å²) in [6.45, 7) is 2.83. The van der Waals surface area contributed by atoms with Crippen molar-refractivity contribution in [3.63, 3.8) is 0 Å². The number of esters is 1. The lowest BCUT2D eigenvalue weighted by Gasteiger charge is -2.08. The quantitative estimate of drug-likeness (QED) is 0.282. The summed E-state index contributed by atoms with van der Waals surface area (Å²) >= 11 is 0. The highest BCUT2D eigenvalue weighted by atomic mass is 16.6. The molecule has 2 N–H and O–H groups in total. The minimum absolute atomic E-state index is 0.0838. The zero-order chi connectivity index (χ0) is 21.9. The summed E-state index contributed by atoms with van der Waals surface area (Å²) in [5.74, 6) is 0.150. The number of benzene rings is 2. The van der Waals surface area contributed by atoms with Crippen molar-refractivity contribution in [2.45, 2.75) is 20.3 Å². The third-order valence-electron chi connectivity index (χ3n) is 3.67. The number of nitrogens with one attached hydrogen (secondary N) is 2. The van der Waals surface area contributed by atoms with Crippen LogP contribution >= 0.6 is 0 Å². The molecule has 158 valence electrons. The fraction of sp³-hybridized carbons (Fsp3) is 0.238. The number of hydrogen-bond acceptors (Lipinski definition) is 7. The molecule has 0 saturated carbocycles. The zero-order valence-electron chi connectivity index (χ0n) is 16.9. The van der Waals surface area contributed by atoms with Crippen molar-refractivity contribution in [1.29, 1.82) is 0 Å². The maximum absolute atomic E-state index is 11.9. The summed E-state index contributed by atoms with van der Waals surface area (Å²) in [5, 5.41) is 6.58. The molecule has 0 aliphatic carbocycles. The Kier molecular flexibility index (Phi) is 8.37. The largest absolute Gasteiger partial charge is 0.493 e. The molecule has 0 atom stereocenters. The number of anilines is 1. The lowest BCUT2D eigenvalue weighted by Crippen LogP contribution is -2.24. The number of methoxy groups -OCH3 is 1. The molecule has 0 saturated heterocycles. The standard InChI is InChI=1S/C21H23N3O6/c1-4-20(26)23-16-6-8-17(9-7-16)29-13-21(27)24-22-12-15-5-10-18(30-14(2)25)19(11-15)28-3/h5-12H,4,13H2,1-3H3,(H,23,26)(H,24,27). The minimum atomic E-state index is -0.456. The van der Waals surface area contributed by atoms with Gasteiger partial charge >= 0.3 is 5.97 Å². The maximum atomic E-state index is 11.9. The molecule has 30 heavy (non-hydrogen) atoms. The van der Waals surface area contributed by atoms with Gasteiger partial charge in [0.05, 0.1) is 13.3 Å². The molecule has 2 aromatic rings. The van der Waals surface area contributed by atoms with E-state index < -0.39 is 11.9 Å². The predicted molar refractivity (Wildman–Crippen MR) is 111 cm³/mol. The van der Waals surface area contributed by atoms with E-state index in [-0.39, 0.29) is 12.5 Å². The van der Waals surface area contributed by atoms with Gasteiger partial charge in [0.1, 0.15) is 5.75 Å². The Hall–Kier alpha value is -3.88. The van der Waals surface area contributed by atoms with E-state index in [9.17, 15) is 14.4 Å². The van der Waals surface area contributed by atoms with Crippen LogP contribution in [-0.2, 0) is 14.4 Å². The molecular formula is C21H23N3O6. The number of amides is 2. The van der Waals surface area contributed by atoms with Crippen LogP contribution in [0.25, 0.3) is 0 Å². The highest BCUT2D eigenvalue weighted by Gasteiger charge is 2.07. The van der Waals surface area contributed by atoms with Gasteiger partial charge < -0.3 is 19.5 Å². The van der Waals surface area contributed by atoms with Crippen LogP contribution in [0.3, 0.4) is 0 Å². The van der Waals surface area contributed by atoms with Crippen LogP contribution in [0.4, 0.5) is 5.69 Å². The van der Waals surface area contributed by atoms with Crippen LogP contribution in [0.5, 0.6) is 17.2 Å². The van der Waals surface area contributed by atoms with Gasteiger partial charge in [-0.1, -0.05) is 6.92 Å². The molecular weight excluding hydrogens is 390 g/mol. The van der Waals surface area contributed by atoms with Crippen LogP contribution in [0.2, 0.25) is 0 Å². The number of hydrogen-bond donors (Lipinski definition) is 2. The van der Waals surface area contributed by atoms with Crippen molar-refractivity contribution in [2.24, 2.45) is 5.10 Å². The summed E-state index contributed by atoms with van der Waals surface area (Å²) < 4.78 is 15.6. The summed E-state index contributed by atoms with van der Waals surface area (Å²) in [4.78, 5) is 34.3. The molecule has 0 bridgehead atoms. The van der Waals surface area contributed by atoms with Gasteiger partial charge in [0.25, 0.3) is 5.91 Å². The third kappa shape index (κ3) is 7.27. The molecule has 0 aliphatic rings. The van der Waals surface area contributed by atoms with Gasteiger partial charge in [-0.15, -0.1) is 0 Å². The first kappa shape index (κ1) is 22.4. The van der Waals surface area contributed by atoms with Crippen LogP contribution in [0.15, 0.2) is 47.6 Å². The normalized spacial score (nSPS) is 10.4. The second-order valence-corrected chi connectivity index (χ2v) is 6.01. The van der Waals surface area contributed by atoms with E-state index in [1.165, 1.54) is 20.2 Å². The second-order valence-electron chi connectivity index (χ2n) is 6.01. The van der Waals surface area contributed by atoms with E-state index in [1.807, 2.05) is 0 Å². The Morgan fingerprint density at radius 3 is 2.40 bits per heavy atom. The van der Waals surface area contributed by atoms with Gasteiger partial charge in [0.2, 0.25) is 5.91 Å². The Morgan fingerprint density at radius 2 is 1.77 bits per heavy atom. The molecule has 2 amide bonds. The Balaban J connectivity index is 1.83. The summed E-state index contributed by atoms with van der Waals surface area (Å²) in [6.07, 6.45) is 1.81. The molecule has 0 unspecified atom stereocenters. The van der Waals surface area contributed by atoms with Crippen LogP contribution in [0.1, 0.15) is 25.8 Å². The van der Waals surface area contributed by atoms with Crippen molar-refractivity contribution in [3.8, 4) is 17.2 Å². The lowest BCUT2D eigenvalue weighted by atomic mass is 10.2. The molecule has 9 heteroatoms. The van der Waals surface area contributed by atoms with E-state index >= 15 is 0 Å². The number of nitrogens with zero attached hydrogens (tertiary/aromatic N) is 1. The Labute approximate surface area is 174 Å². The van der Waals surface area contributed by atoms with Gasteiger partial charge in [0.15, 0.2) is 18.1 Å². The Bertz CT molecular complexity index is 925. The van der Waals surface area contributed by atoms with Crippen LogP contribution in [0, 0.1) is 0 Å². The van der Waals surface area contributed by atoms with Crippen molar-refractivity contribution < 1.29 is 28.6 Å². The highest BCUT2D eigenvalue weighted by molar-refractivity contribution is 5.90. The smallest absolute Gasteiger partial charge is 0.308 e. The van der Waals surface area contributed by atoms with E-state index in [2.05, 4.69) is 15.8 Å². The molecule has 0 fully saturated rings. The number of carbonyl (C=O) groups excluding carboxylic acids is 3. The summed E-state index contributed by atoms with van der Waals surface area (Å²) in [5.41, 5.74) is 3.64. The monoisotopic (exact) mass is 413 g/mol. The molecule has 0 radical (unpaired) electrons. The third-order valence-corrected chi connectivity index (χ3v) is 3.67. The van der Waals surface area contributed by atoms with E-state index in [4.69, 9.17) is 14.2 Å². The van der Waals surface area contributed by atoms with E-state index in [0.29, 0.717) is 34.9 Å². The predicted octanol–water partition coefficient (Wildman–Crippen LogP) is 2.50. The van der Waals surface area contributed by atoms with Crippen LogP contribution < -0.4 is 25.0 Å². The van der Waals surface area contributed by atoms with Gasteiger partial charge in [-0.3, -0.25) is 14.4 Å².